The minimum absolute atomic E-state index is 0.109. The van der Waals surface area contributed by atoms with Gasteiger partial charge in [0.2, 0.25) is 0 Å². The smallest absolute Gasteiger partial charge is 0.388 e. The Morgan fingerprint density at radius 3 is 2.50 bits per heavy atom. The normalized spacial score (nSPS) is 11.5. The fraction of sp³-hybridized carbons (Fsp3) is 0.250. The molecular formula is C16H15F4NS. The van der Waals surface area contributed by atoms with Gasteiger partial charge in [-0.2, -0.15) is 13.2 Å². The lowest BCUT2D eigenvalue weighted by atomic mass is 10.1. The number of hydrogen-bond acceptors (Lipinski definition) is 2. The van der Waals surface area contributed by atoms with Crippen molar-refractivity contribution in [3.05, 3.63) is 58.9 Å². The average molecular weight is 329 g/mol. The Morgan fingerprint density at radius 2 is 1.86 bits per heavy atom. The van der Waals surface area contributed by atoms with Crippen LogP contribution in [0.1, 0.15) is 16.7 Å². The predicted molar refractivity (Wildman–Crippen MR) is 81.7 cm³/mol. The SMILES string of the molecule is CNc1cccc(F)c1CSc1cc(C)ccc1C(F)(F)F. The number of alkyl halides is 3. The summed E-state index contributed by atoms with van der Waals surface area (Å²) in [6, 6.07) is 8.53. The molecule has 0 heterocycles. The largest absolute Gasteiger partial charge is 0.417 e. The molecule has 2 rings (SSSR count). The molecule has 0 amide bonds. The maximum absolute atomic E-state index is 13.9. The number of anilines is 1. The molecule has 2 aromatic carbocycles. The zero-order chi connectivity index (χ0) is 16.3. The van der Waals surface area contributed by atoms with Crippen LogP contribution in [0, 0.1) is 12.7 Å². The molecule has 22 heavy (non-hydrogen) atoms. The molecule has 0 bridgehead atoms. The van der Waals surface area contributed by atoms with Crippen LogP contribution < -0.4 is 5.32 Å². The van der Waals surface area contributed by atoms with Crippen LogP contribution in [0.5, 0.6) is 0 Å². The maximum atomic E-state index is 13.9. The molecule has 0 radical (unpaired) electrons. The quantitative estimate of drug-likeness (QED) is 0.588. The molecule has 0 aliphatic carbocycles. The zero-order valence-corrected chi connectivity index (χ0v) is 12.9. The van der Waals surface area contributed by atoms with E-state index < -0.39 is 17.6 Å². The van der Waals surface area contributed by atoms with Crippen molar-refractivity contribution in [3.8, 4) is 0 Å². The van der Waals surface area contributed by atoms with Crippen LogP contribution >= 0.6 is 11.8 Å². The Labute approximate surface area is 130 Å². The summed E-state index contributed by atoms with van der Waals surface area (Å²) in [5.41, 5.74) is 0.988. The van der Waals surface area contributed by atoms with E-state index in [0.29, 0.717) is 11.3 Å². The first kappa shape index (κ1) is 16.7. The zero-order valence-electron chi connectivity index (χ0n) is 12.1. The first-order valence-corrected chi connectivity index (χ1v) is 7.57. The minimum Gasteiger partial charge on any atom is -0.388 e. The van der Waals surface area contributed by atoms with Gasteiger partial charge in [0.05, 0.1) is 5.56 Å². The van der Waals surface area contributed by atoms with E-state index in [9.17, 15) is 17.6 Å². The van der Waals surface area contributed by atoms with E-state index in [1.165, 1.54) is 18.2 Å². The van der Waals surface area contributed by atoms with Crippen molar-refractivity contribution in [2.75, 3.05) is 12.4 Å². The molecule has 1 N–H and O–H groups in total. The van der Waals surface area contributed by atoms with Gasteiger partial charge >= 0.3 is 6.18 Å². The van der Waals surface area contributed by atoms with E-state index in [-0.39, 0.29) is 10.6 Å². The molecule has 0 spiro atoms. The van der Waals surface area contributed by atoms with Gasteiger partial charge in [-0.15, -0.1) is 11.8 Å². The Balaban J connectivity index is 2.31. The molecule has 0 saturated heterocycles. The molecule has 1 nitrogen and oxygen atoms in total. The summed E-state index contributed by atoms with van der Waals surface area (Å²) >= 11 is 0.985. The number of rotatable bonds is 4. The highest BCUT2D eigenvalue weighted by Gasteiger charge is 2.33. The van der Waals surface area contributed by atoms with Crippen LogP contribution in [0.25, 0.3) is 0 Å². The lowest BCUT2D eigenvalue weighted by Gasteiger charge is -2.14. The van der Waals surface area contributed by atoms with Crippen LogP contribution in [-0.2, 0) is 11.9 Å². The standard InChI is InChI=1S/C16H15F4NS/c1-10-6-7-12(16(18,19)20)15(8-10)22-9-11-13(17)4-3-5-14(11)21-2/h3-8,21H,9H2,1-2H3. The van der Waals surface area contributed by atoms with Crippen molar-refractivity contribution in [3.63, 3.8) is 0 Å². The van der Waals surface area contributed by atoms with Crippen molar-refractivity contribution in [2.45, 2.75) is 23.7 Å². The van der Waals surface area contributed by atoms with Crippen LogP contribution in [0.2, 0.25) is 0 Å². The number of nitrogens with one attached hydrogen (secondary N) is 1. The fourth-order valence-electron chi connectivity index (χ4n) is 2.07. The fourth-order valence-corrected chi connectivity index (χ4v) is 3.27. The van der Waals surface area contributed by atoms with Gasteiger partial charge < -0.3 is 5.32 Å². The number of thioether (sulfide) groups is 1. The Kier molecular flexibility index (Phi) is 5.01. The van der Waals surface area contributed by atoms with E-state index in [4.69, 9.17) is 0 Å². The summed E-state index contributed by atoms with van der Waals surface area (Å²) in [6.45, 7) is 1.73. The van der Waals surface area contributed by atoms with E-state index in [2.05, 4.69) is 5.32 Å². The monoisotopic (exact) mass is 329 g/mol. The second-order valence-electron chi connectivity index (χ2n) is 4.80. The molecule has 0 aromatic heterocycles. The summed E-state index contributed by atoms with van der Waals surface area (Å²) in [5.74, 6) is -0.310. The Bertz CT molecular complexity index is 668. The molecule has 0 aliphatic heterocycles. The van der Waals surface area contributed by atoms with E-state index >= 15 is 0 Å². The van der Waals surface area contributed by atoms with Gasteiger partial charge in [0.15, 0.2) is 0 Å². The first-order valence-electron chi connectivity index (χ1n) is 6.58. The van der Waals surface area contributed by atoms with Crippen LogP contribution in [0.3, 0.4) is 0 Å². The molecule has 0 fully saturated rings. The lowest BCUT2D eigenvalue weighted by Crippen LogP contribution is -2.07. The summed E-state index contributed by atoms with van der Waals surface area (Å²) in [4.78, 5) is 0.109. The Hall–Kier alpha value is -1.69. The summed E-state index contributed by atoms with van der Waals surface area (Å²) in [6.07, 6.45) is -4.42. The van der Waals surface area contributed by atoms with Gasteiger partial charge in [-0.25, -0.2) is 4.39 Å². The highest BCUT2D eigenvalue weighted by molar-refractivity contribution is 7.98. The van der Waals surface area contributed by atoms with Crippen molar-refractivity contribution in [1.82, 2.24) is 0 Å². The third kappa shape index (κ3) is 3.74. The highest BCUT2D eigenvalue weighted by Crippen LogP contribution is 2.39. The molecule has 0 aliphatic rings. The van der Waals surface area contributed by atoms with Crippen molar-refractivity contribution in [1.29, 1.82) is 0 Å². The number of aryl methyl sites for hydroxylation is 1. The Morgan fingerprint density at radius 1 is 1.14 bits per heavy atom. The maximum Gasteiger partial charge on any atom is 0.417 e. The predicted octanol–water partition coefficient (Wildman–Crippen LogP) is 5.49. The molecular weight excluding hydrogens is 314 g/mol. The van der Waals surface area contributed by atoms with Gasteiger partial charge in [-0.1, -0.05) is 12.1 Å². The third-order valence-electron chi connectivity index (χ3n) is 3.20. The van der Waals surface area contributed by atoms with Crippen LogP contribution in [0.15, 0.2) is 41.3 Å². The summed E-state index contributed by atoms with van der Waals surface area (Å²) in [7, 11) is 1.65. The summed E-state index contributed by atoms with van der Waals surface area (Å²) < 4.78 is 53.0. The van der Waals surface area contributed by atoms with Gasteiger partial charge in [0.1, 0.15) is 5.82 Å². The second-order valence-corrected chi connectivity index (χ2v) is 5.82. The van der Waals surface area contributed by atoms with Crippen molar-refractivity contribution < 1.29 is 17.6 Å². The average Bonchev–Trinajstić information content (AvgIpc) is 2.44. The number of hydrogen-bond donors (Lipinski definition) is 1. The molecule has 0 atom stereocenters. The number of benzene rings is 2. The second kappa shape index (κ2) is 6.60. The van der Waals surface area contributed by atoms with Gasteiger partial charge in [0, 0.05) is 28.9 Å². The lowest BCUT2D eigenvalue weighted by molar-refractivity contribution is -0.139. The van der Waals surface area contributed by atoms with E-state index in [1.807, 2.05) is 0 Å². The molecule has 2 aromatic rings. The topological polar surface area (TPSA) is 12.0 Å². The molecule has 0 saturated carbocycles. The van der Waals surface area contributed by atoms with Crippen molar-refractivity contribution in [2.24, 2.45) is 0 Å². The third-order valence-corrected chi connectivity index (χ3v) is 4.28. The van der Waals surface area contributed by atoms with Gasteiger partial charge in [-0.3, -0.25) is 0 Å². The van der Waals surface area contributed by atoms with E-state index in [0.717, 1.165) is 23.4 Å². The molecule has 118 valence electrons. The summed E-state index contributed by atoms with van der Waals surface area (Å²) in [5, 5.41) is 2.85. The number of halogens is 4. The first-order chi connectivity index (χ1) is 10.3. The van der Waals surface area contributed by atoms with Crippen LogP contribution in [-0.4, -0.2) is 7.05 Å². The van der Waals surface area contributed by atoms with Crippen molar-refractivity contribution >= 4 is 17.4 Å². The molecule has 0 unspecified atom stereocenters. The van der Waals surface area contributed by atoms with Crippen LogP contribution in [0.4, 0.5) is 23.2 Å². The molecule has 6 heteroatoms. The van der Waals surface area contributed by atoms with E-state index in [1.54, 1.807) is 26.1 Å². The van der Waals surface area contributed by atoms with Gasteiger partial charge in [0.25, 0.3) is 0 Å². The van der Waals surface area contributed by atoms with Gasteiger partial charge in [-0.05, 0) is 36.8 Å². The highest BCUT2D eigenvalue weighted by atomic mass is 32.2. The minimum atomic E-state index is -4.42.